The molecule has 0 aromatic carbocycles. The summed E-state index contributed by atoms with van der Waals surface area (Å²) in [6.07, 6.45) is -1.04. The quantitative estimate of drug-likeness (QED) is 0.468. The summed E-state index contributed by atoms with van der Waals surface area (Å²) in [7, 11) is 3.97. The van der Waals surface area contributed by atoms with Crippen molar-refractivity contribution >= 4 is 29.0 Å². The lowest BCUT2D eigenvalue weighted by Gasteiger charge is -2.21. The normalized spacial score (nSPS) is 13.5. The third-order valence-electron chi connectivity index (χ3n) is 4.51. The van der Waals surface area contributed by atoms with Gasteiger partial charge in [-0.15, -0.1) is 0 Å². The summed E-state index contributed by atoms with van der Waals surface area (Å²) in [4.78, 5) is 47.7. The molecule has 150 valence electrons. The number of aromatic amines is 1. The van der Waals surface area contributed by atoms with E-state index in [1.165, 1.54) is 10.7 Å². The van der Waals surface area contributed by atoms with Gasteiger partial charge in [-0.3, -0.25) is 9.36 Å². The van der Waals surface area contributed by atoms with Crippen LogP contribution in [-0.2, 0) is 27.7 Å². The van der Waals surface area contributed by atoms with Crippen molar-refractivity contribution in [1.82, 2.24) is 29.2 Å². The molecule has 0 radical (unpaired) electrons. The van der Waals surface area contributed by atoms with E-state index in [1.54, 1.807) is 18.5 Å². The van der Waals surface area contributed by atoms with Crippen molar-refractivity contribution in [3.05, 3.63) is 28.1 Å². The lowest BCUT2D eigenvalue weighted by molar-refractivity contribution is -0.146. The molecular formula is C16H20N6O6. The number of esters is 1. The van der Waals surface area contributed by atoms with Gasteiger partial charge in [-0.2, -0.15) is 0 Å². The van der Waals surface area contributed by atoms with Crippen LogP contribution in [0.25, 0.3) is 16.9 Å². The van der Waals surface area contributed by atoms with Crippen molar-refractivity contribution in [2.75, 3.05) is 14.2 Å². The molecule has 0 bridgehead atoms. The number of aryl methyl sites for hydroxylation is 2. The number of H-pyrrole nitrogens is 1. The predicted octanol–water partition coefficient (Wildman–Crippen LogP) is -0.981. The first-order valence-electron chi connectivity index (χ1n) is 8.30. The van der Waals surface area contributed by atoms with Crippen molar-refractivity contribution in [2.24, 2.45) is 7.05 Å². The molecule has 3 aromatic heterocycles. The van der Waals surface area contributed by atoms with Gasteiger partial charge in [0.1, 0.15) is 5.52 Å². The largest absolute Gasteiger partial charge is 0.467 e. The molecule has 2 atom stereocenters. The van der Waals surface area contributed by atoms with E-state index in [0.29, 0.717) is 22.8 Å². The highest BCUT2D eigenvalue weighted by Crippen LogP contribution is 2.16. The Morgan fingerprint density at radius 3 is 2.71 bits per heavy atom. The Morgan fingerprint density at radius 1 is 1.36 bits per heavy atom. The number of hydrogen-bond donors (Lipinski definition) is 3. The van der Waals surface area contributed by atoms with Crippen LogP contribution in [-0.4, -0.2) is 67.5 Å². The minimum Gasteiger partial charge on any atom is -0.467 e. The van der Waals surface area contributed by atoms with Gasteiger partial charge in [-0.25, -0.2) is 24.0 Å². The van der Waals surface area contributed by atoms with Gasteiger partial charge in [-0.1, -0.05) is 0 Å². The monoisotopic (exact) mass is 392 g/mol. The number of nitrogens with one attached hydrogen (secondary N) is 2. The van der Waals surface area contributed by atoms with Crippen LogP contribution in [0.15, 0.2) is 11.1 Å². The Kier molecular flexibility index (Phi) is 5.05. The van der Waals surface area contributed by atoms with Crippen LogP contribution in [0.4, 0.5) is 4.79 Å². The number of ether oxygens (including phenoxy) is 2. The molecule has 2 unspecified atom stereocenters. The number of carbonyl (C=O) groups excluding carboxylic acids is 2. The minimum absolute atomic E-state index is 0.147. The number of fused-ring (bicyclic) bond motifs is 2. The first kappa shape index (κ1) is 19.4. The Morgan fingerprint density at radius 2 is 2.07 bits per heavy atom. The van der Waals surface area contributed by atoms with Gasteiger partial charge >= 0.3 is 12.1 Å². The molecule has 3 N–H and O–H groups in total. The molecule has 12 nitrogen and oxygen atoms in total. The molecule has 0 fully saturated rings. The molecule has 0 saturated carbocycles. The molecule has 3 heterocycles. The number of aliphatic hydroxyl groups is 1. The van der Waals surface area contributed by atoms with Crippen molar-refractivity contribution in [3.63, 3.8) is 0 Å². The highest BCUT2D eigenvalue weighted by molar-refractivity contribution is 5.82. The van der Waals surface area contributed by atoms with E-state index in [1.807, 2.05) is 0 Å². The van der Waals surface area contributed by atoms with E-state index < -0.39 is 24.2 Å². The van der Waals surface area contributed by atoms with E-state index >= 15 is 0 Å². The van der Waals surface area contributed by atoms with E-state index in [-0.39, 0.29) is 17.5 Å². The highest BCUT2D eigenvalue weighted by atomic mass is 16.5. The minimum atomic E-state index is -1.40. The molecule has 3 aromatic rings. The standard InChI is InChI=1S/C16H20N6O6/c1-7-8(5-9(23)10(14(25)27-3)20-16(26)28-4)22-13(24)11-12(18-6-17-11)21(2)15(22)19-7/h6,9-10,23H,5H2,1-4H3,(H,17,18)(H,20,26). The first-order valence-corrected chi connectivity index (χ1v) is 8.30. The highest BCUT2D eigenvalue weighted by Gasteiger charge is 2.32. The summed E-state index contributed by atoms with van der Waals surface area (Å²) in [5.74, 6) is -0.520. The molecular weight excluding hydrogens is 372 g/mol. The zero-order chi connectivity index (χ0) is 20.6. The van der Waals surface area contributed by atoms with Crippen LogP contribution in [0.1, 0.15) is 11.4 Å². The van der Waals surface area contributed by atoms with Crippen LogP contribution in [0.5, 0.6) is 0 Å². The Labute approximate surface area is 158 Å². The Balaban J connectivity index is 2.07. The number of hydrogen-bond acceptors (Lipinski definition) is 8. The maximum atomic E-state index is 12.9. The fraction of sp³-hybridized carbons (Fsp3) is 0.438. The van der Waals surface area contributed by atoms with Crippen LogP contribution >= 0.6 is 0 Å². The third-order valence-corrected chi connectivity index (χ3v) is 4.51. The van der Waals surface area contributed by atoms with Crippen molar-refractivity contribution in [1.29, 1.82) is 0 Å². The Bertz CT molecular complexity index is 1110. The van der Waals surface area contributed by atoms with Gasteiger partial charge in [0.05, 0.1) is 38.0 Å². The zero-order valence-corrected chi connectivity index (χ0v) is 15.7. The fourth-order valence-electron chi connectivity index (χ4n) is 3.07. The molecule has 28 heavy (non-hydrogen) atoms. The topological polar surface area (TPSA) is 153 Å². The molecule has 3 rings (SSSR count). The van der Waals surface area contributed by atoms with E-state index in [9.17, 15) is 19.5 Å². The molecule has 12 heteroatoms. The number of aromatic nitrogens is 5. The molecule has 1 amide bonds. The second kappa shape index (κ2) is 7.31. The second-order valence-electron chi connectivity index (χ2n) is 6.15. The smallest absolute Gasteiger partial charge is 0.407 e. The fourth-order valence-corrected chi connectivity index (χ4v) is 3.07. The summed E-state index contributed by atoms with van der Waals surface area (Å²) < 4.78 is 12.1. The number of rotatable bonds is 5. The number of nitrogens with zero attached hydrogens (tertiary/aromatic N) is 4. The number of imidazole rings is 2. The first-order chi connectivity index (χ1) is 13.3. The lowest BCUT2D eigenvalue weighted by atomic mass is 10.1. The maximum absolute atomic E-state index is 12.9. The van der Waals surface area contributed by atoms with Crippen LogP contribution in [0.3, 0.4) is 0 Å². The van der Waals surface area contributed by atoms with E-state index in [0.717, 1.165) is 14.2 Å². The van der Waals surface area contributed by atoms with Gasteiger partial charge in [0.15, 0.2) is 11.7 Å². The van der Waals surface area contributed by atoms with Gasteiger partial charge in [-0.05, 0) is 6.92 Å². The molecule has 0 spiro atoms. The summed E-state index contributed by atoms with van der Waals surface area (Å²) >= 11 is 0. The van der Waals surface area contributed by atoms with E-state index in [2.05, 4.69) is 29.7 Å². The molecule has 0 aliphatic carbocycles. The van der Waals surface area contributed by atoms with Crippen molar-refractivity contribution in [2.45, 2.75) is 25.5 Å². The second-order valence-corrected chi connectivity index (χ2v) is 6.15. The molecule has 0 saturated heterocycles. The van der Waals surface area contributed by atoms with Crippen molar-refractivity contribution in [3.8, 4) is 0 Å². The van der Waals surface area contributed by atoms with Crippen LogP contribution < -0.4 is 10.9 Å². The van der Waals surface area contributed by atoms with Gasteiger partial charge < -0.3 is 24.9 Å². The summed E-state index contributed by atoms with van der Waals surface area (Å²) in [6, 6.07) is -1.39. The number of alkyl carbamates (subject to hydrolysis) is 1. The van der Waals surface area contributed by atoms with Crippen molar-refractivity contribution < 1.29 is 24.2 Å². The zero-order valence-electron chi connectivity index (χ0n) is 15.7. The molecule has 0 aliphatic rings. The van der Waals surface area contributed by atoms with Gasteiger partial charge in [0.25, 0.3) is 5.56 Å². The maximum Gasteiger partial charge on any atom is 0.407 e. The predicted molar refractivity (Wildman–Crippen MR) is 95.9 cm³/mol. The van der Waals surface area contributed by atoms with E-state index in [4.69, 9.17) is 0 Å². The number of methoxy groups -OCH3 is 2. The summed E-state index contributed by atoms with van der Waals surface area (Å²) in [5.41, 5.74) is 1.20. The van der Waals surface area contributed by atoms with Crippen LogP contribution in [0.2, 0.25) is 0 Å². The number of carbonyl (C=O) groups is 2. The van der Waals surface area contributed by atoms with Gasteiger partial charge in [0.2, 0.25) is 5.78 Å². The Hall–Kier alpha value is -3.41. The summed E-state index contributed by atoms with van der Waals surface area (Å²) in [6.45, 7) is 1.68. The summed E-state index contributed by atoms with van der Waals surface area (Å²) in [5, 5.41) is 12.8. The lowest BCUT2D eigenvalue weighted by Crippen LogP contribution is -2.50. The number of aliphatic hydroxyl groups excluding tert-OH is 1. The number of amides is 1. The average Bonchev–Trinajstić information content (AvgIpc) is 3.29. The molecule has 0 aliphatic heterocycles. The SMILES string of the molecule is COC(=O)NC(C(=O)OC)C(O)Cc1c(C)nc2n(C)c3nc[nH]c3c(=O)n12. The third kappa shape index (κ3) is 3.07. The van der Waals surface area contributed by atoms with Crippen LogP contribution in [0, 0.1) is 6.92 Å². The average molecular weight is 392 g/mol. The van der Waals surface area contributed by atoms with Gasteiger partial charge in [0, 0.05) is 13.5 Å².